The lowest BCUT2D eigenvalue weighted by molar-refractivity contribution is 0.617. The number of nitrogens with two attached hydrogens (primary N) is 1. The predicted octanol–water partition coefficient (Wildman–Crippen LogP) is 3.67. The zero-order valence-electron chi connectivity index (χ0n) is 14.4. The molecule has 0 bridgehead atoms. The highest BCUT2D eigenvalue weighted by molar-refractivity contribution is 5.86. The third-order valence-corrected chi connectivity index (χ3v) is 4.49. The molecule has 0 aliphatic carbocycles. The maximum atomic E-state index is 12.9. The number of hydrogen-bond acceptors (Lipinski definition) is 4. The molecule has 0 saturated heterocycles. The molecule has 4 rings (SSSR count). The molecule has 2 aromatic carbocycles. The summed E-state index contributed by atoms with van der Waals surface area (Å²) in [4.78, 5) is 17.7. The van der Waals surface area contributed by atoms with Gasteiger partial charge in [-0.1, -0.05) is 24.3 Å². The molecular formula is C20H19N3O2. The molecule has 1 atom stereocenters. The van der Waals surface area contributed by atoms with Crippen LogP contribution in [-0.4, -0.2) is 9.55 Å². The van der Waals surface area contributed by atoms with Crippen LogP contribution >= 0.6 is 0 Å². The minimum absolute atomic E-state index is 0.106. The van der Waals surface area contributed by atoms with Crippen LogP contribution in [-0.2, 0) is 7.05 Å². The first-order valence-corrected chi connectivity index (χ1v) is 8.21. The molecule has 0 radical (unpaired) electrons. The lowest BCUT2D eigenvalue weighted by atomic mass is 10.0. The van der Waals surface area contributed by atoms with Crippen molar-refractivity contribution in [2.45, 2.75) is 19.9 Å². The summed E-state index contributed by atoms with van der Waals surface area (Å²) in [7, 11) is 1.71. The van der Waals surface area contributed by atoms with E-state index in [4.69, 9.17) is 15.1 Å². The van der Waals surface area contributed by atoms with Crippen LogP contribution in [0.2, 0.25) is 0 Å². The van der Waals surface area contributed by atoms with Gasteiger partial charge in [-0.05, 0) is 43.2 Å². The summed E-state index contributed by atoms with van der Waals surface area (Å²) < 4.78 is 7.44. The number of benzene rings is 2. The smallest absolute Gasteiger partial charge is 0.261 e. The van der Waals surface area contributed by atoms with Crippen LogP contribution in [0.15, 0.2) is 51.7 Å². The Morgan fingerprint density at radius 3 is 2.68 bits per heavy atom. The molecule has 1 unspecified atom stereocenters. The van der Waals surface area contributed by atoms with Crippen molar-refractivity contribution in [3.63, 3.8) is 0 Å². The number of nitrogens with zero attached hydrogens (tertiary/aromatic N) is 2. The standard InChI is InChI=1S/C20H19N3O2/c1-11-8-14(12(2)21)18-15(9-11)20(24)23(3)19(22-18)17-10-13-6-4-5-7-16(13)25-17/h4-10,12H,21H2,1-3H3. The van der Waals surface area contributed by atoms with Crippen molar-refractivity contribution in [1.82, 2.24) is 9.55 Å². The Morgan fingerprint density at radius 1 is 1.20 bits per heavy atom. The minimum Gasteiger partial charge on any atom is -0.453 e. The molecule has 2 heterocycles. The maximum absolute atomic E-state index is 12.9. The number of rotatable bonds is 2. The fourth-order valence-electron chi connectivity index (χ4n) is 3.21. The van der Waals surface area contributed by atoms with Crippen LogP contribution in [0.5, 0.6) is 0 Å². The van der Waals surface area contributed by atoms with Gasteiger partial charge >= 0.3 is 0 Å². The van der Waals surface area contributed by atoms with Gasteiger partial charge < -0.3 is 10.2 Å². The Morgan fingerprint density at radius 2 is 1.96 bits per heavy atom. The number of para-hydroxylation sites is 1. The van der Waals surface area contributed by atoms with E-state index in [0.29, 0.717) is 22.5 Å². The van der Waals surface area contributed by atoms with Crippen LogP contribution < -0.4 is 11.3 Å². The van der Waals surface area contributed by atoms with Gasteiger partial charge in [-0.15, -0.1) is 0 Å². The normalized spacial score (nSPS) is 12.8. The van der Waals surface area contributed by atoms with Gasteiger partial charge in [0.05, 0.1) is 10.9 Å². The molecule has 0 spiro atoms. The number of aryl methyl sites for hydroxylation is 1. The van der Waals surface area contributed by atoms with Crippen molar-refractivity contribution < 1.29 is 4.42 Å². The molecule has 0 aliphatic heterocycles. The number of hydrogen-bond donors (Lipinski definition) is 1. The summed E-state index contributed by atoms with van der Waals surface area (Å²) in [6, 6.07) is 13.3. The molecule has 0 amide bonds. The Hall–Kier alpha value is -2.92. The summed E-state index contributed by atoms with van der Waals surface area (Å²) in [5.41, 5.74) is 9.28. The van der Waals surface area contributed by atoms with Crippen LogP contribution in [0, 0.1) is 6.92 Å². The van der Waals surface area contributed by atoms with Gasteiger partial charge in [-0.2, -0.15) is 0 Å². The van der Waals surface area contributed by atoms with Crippen molar-refractivity contribution in [2.75, 3.05) is 0 Å². The Balaban J connectivity index is 2.08. The van der Waals surface area contributed by atoms with E-state index in [2.05, 4.69) is 0 Å². The van der Waals surface area contributed by atoms with E-state index in [-0.39, 0.29) is 11.6 Å². The Bertz CT molecular complexity index is 1140. The highest BCUT2D eigenvalue weighted by Crippen LogP contribution is 2.28. The van der Waals surface area contributed by atoms with E-state index in [9.17, 15) is 4.79 Å². The highest BCUT2D eigenvalue weighted by atomic mass is 16.3. The third-order valence-electron chi connectivity index (χ3n) is 4.49. The quantitative estimate of drug-likeness (QED) is 0.607. The molecule has 0 aliphatic rings. The average molecular weight is 333 g/mol. The van der Waals surface area contributed by atoms with Crippen LogP contribution in [0.4, 0.5) is 0 Å². The first-order valence-electron chi connectivity index (χ1n) is 8.21. The van der Waals surface area contributed by atoms with Gasteiger partial charge in [0.2, 0.25) is 0 Å². The summed E-state index contributed by atoms with van der Waals surface area (Å²) in [5.74, 6) is 1.07. The lowest BCUT2D eigenvalue weighted by Crippen LogP contribution is -2.21. The number of fused-ring (bicyclic) bond motifs is 2. The van der Waals surface area contributed by atoms with E-state index < -0.39 is 0 Å². The zero-order chi connectivity index (χ0) is 17.7. The molecule has 25 heavy (non-hydrogen) atoms. The SMILES string of the molecule is Cc1cc(C(C)N)c2nc(-c3cc4ccccc4o3)n(C)c(=O)c2c1. The Kier molecular flexibility index (Phi) is 3.47. The van der Waals surface area contributed by atoms with Crippen molar-refractivity contribution in [3.8, 4) is 11.6 Å². The zero-order valence-corrected chi connectivity index (χ0v) is 14.4. The Labute approximate surface area is 144 Å². The van der Waals surface area contributed by atoms with E-state index >= 15 is 0 Å². The molecule has 5 nitrogen and oxygen atoms in total. The van der Waals surface area contributed by atoms with Crippen LogP contribution in [0.1, 0.15) is 24.1 Å². The van der Waals surface area contributed by atoms with E-state index in [1.165, 1.54) is 4.57 Å². The van der Waals surface area contributed by atoms with E-state index in [1.54, 1.807) is 7.05 Å². The van der Waals surface area contributed by atoms with Gasteiger partial charge in [-0.3, -0.25) is 9.36 Å². The monoisotopic (exact) mass is 333 g/mol. The lowest BCUT2D eigenvalue weighted by Gasteiger charge is -2.13. The first-order chi connectivity index (χ1) is 12.0. The fraction of sp³-hybridized carbons (Fsp3) is 0.200. The minimum atomic E-state index is -0.217. The molecule has 5 heteroatoms. The van der Waals surface area contributed by atoms with E-state index in [0.717, 1.165) is 22.1 Å². The molecule has 2 aromatic heterocycles. The first kappa shape index (κ1) is 15.6. The fourth-order valence-corrected chi connectivity index (χ4v) is 3.21. The molecule has 0 fully saturated rings. The number of aromatic nitrogens is 2. The molecule has 126 valence electrons. The van der Waals surface area contributed by atoms with Crippen molar-refractivity contribution >= 4 is 21.9 Å². The van der Waals surface area contributed by atoms with Gasteiger partial charge in [0.1, 0.15) is 5.58 Å². The number of furan rings is 1. The maximum Gasteiger partial charge on any atom is 0.261 e. The summed E-state index contributed by atoms with van der Waals surface area (Å²) in [5, 5.41) is 1.55. The van der Waals surface area contributed by atoms with Crippen LogP contribution in [0.25, 0.3) is 33.5 Å². The second kappa shape index (κ2) is 5.57. The molecule has 4 aromatic rings. The summed E-state index contributed by atoms with van der Waals surface area (Å²) in [6.07, 6.45) is 0. The van der Waals surface area contributed by atoms with Crippen molar-refractivity contribution in [1.29, 1.82) is 0 Å². The van der Waals surface area contributed by atoms with Gasteiger partial charge in [0.25, 0.3) is 5.56 Å². The third kappa shape index (κ3) is 2.44. The topological polar surface area (TPSA) is 74.0 Å². The summed E-state index contributed by atoms with van der Waals surface area (Å²) in [6.45, 7) is 3.85. The predicted molar refractivity (Wildman–Crippen MR) is 99.5 cm³/mol. The summed E-state index contributed by atoms with van der Waals surface area (Å²) >= 11 is 0. The highest BCUT2D eigenvalue weighted by Gasteiger charge is 2.17. The second-order valence-electron chi connectivity index (χ2n) is 6.49. The van der Waals surface area contributed by atoms with Gasteiger partial charge in [0.15, 0.2) is 11.6 Å². The molecule has 2 N–H and O–H groups in total. The van der Waals surface area contributed by atoms with Crippen molar-refractivity contribution in [2.24, 2.45) is 12.8 Å². The van der Waals surface area contributed by atoms with Gasteiger partial charge in [0, 0.05) is 18.5 Å². The van der Waals surface area contributed by atoms with Crippen molar-refractivity contribution in [3.05, 3.63) is 63.9 Å². The van der Waals surface area contributed by atoms with Gasteiger partial charge in [-0.25, -0.2) is 4.98 Å². The second-order valence-corrected chi connectivity index (χ2v) is 6.49. The van der Waals surface area contributed by atoms with Crippen LogP contribution in [0.3, 0.4) is 0 Å². The largest absolute Gasteiger partial charge is 0.453 e. The average Bonchev–Trinajstić information content (AvgIpc) is 3.01. The molecule has 0 saturated carbocycles. The van der Waals surface area contributed by atoms with E-state index in [1.807, 2.05) is 56.3 Å². The molecular weight excluding hydrogens is 314 g/mol.